The summed E-state index contributed by atoms with van der Waals surface area (Å²) in [6, 6.07) is 15.1. The third-order valence-corrected chi connectivity index (χ3v) is 4.75. The van der Waals surface area contributed by atoms with Gasteiger partial charge < -0.3 is 15.0 Å². The Kier molecular flexibility index (Phi) is 5.24. The van der Waals surface area contributed by atoms with Gasteiger partial charge in [-0.2, -0.15) is 5.10 Å². The molecule has 0 fully saturated rings. The van der Waals surface area contributed by atoms with Gasteiger partial charge >= 0.3 is 0 Å². The van der Waals surface area contributed by atoms with Crippen LogP contribution in [0.3, 0.4) is 0 Å². The highest BCUT2D eigenvalue weighted by molar-refractivity contribution is 5.95. The van der Waals surface area contributed by atoms with Crippen molar-refractivity contribution in [1.82, 2.24) is 20.1 Å². The summed E-state index contributed by atoms with van der Waals surface area (Å²) in [4.78, 5) is 30.1. The van der Waals surface area contributed by atoms with Gasteiger partial charge in [-0.05, 0) is 23.3 Å². The number of para-hydroxylation sites is 2. The van der Waals surface area contributed by atoms with E-state index in [1.54, 1.807) is 22.0 Å². The van der Waals surface area contributed by atoms with Crippen LogP contribution in [0, 0.1) is 0 Å². The summed E-state index contributed by atoms with van der Waals surface area (Å²) in [5.74, 6) is 0.158. The number of aromatic nitrogens is 3. The number of anilines is 1. The van der Waals surface area contributed by atoms with E-state index < -0.39 is 6.10 Å². The molecule has 1 aliphatic heterocycles. The van der Waals surface area contributed by atoms with Crippen molar-refractivity contribution in [2.75, 3.05) is 11.4 Å². The zero-order chi connectivity index (χ0) is 20.2. The minimum absolute atomic E-state index is 0.124. The van der Waals surface area contributed by atoms with Crippen LogP contribution in [0.5, 0.6) is 5.75 Å². The van der Waals surface area contributed by atoms with Crippen LogP contribution in [0.4, 0.5) is 5.69 Å². The number of hydrogen-bond donors (Lipinski definition) is 1. The standard InChI is InChI=1S/C21H21N5O3/c1-15(27)26-12-20(29-19-5-3-2-4-18(19)26)21(28)23-10-16-6-8-17(9-7-16)11-25-14-22-13-24-25/h2-9,13-14,20H,10-12H2,1H3,(H,23,28). The lowest BCUT2D eigenvalue weighted by Crippen LogP contribution is -2.50. The van der Waals surface area contributed by atoms with Crippen molar-refractivity contribution in [3.8, 4) is 5.75 Å². The van der Waals surface area contributed by atoms with Crippen molar-refractivity contribution in [2.45, 2.75) is 26.1 Å². The number of ether oxygens (including phenoxy) is 1. The van der Waals surface area contributed by atoms with E-state index in [0.717, 1.165) is 11.1 Å². The Morgan fingerprint density at radius 1 is 1.14 bits per heavy atom. The van der Waals surface area contributed by atoms with Crippen LogP contribution in [-0.2, 0) is 22.7 Å². The first-order chi connectivity index (χ1) is 14.1. The van der Waals surface area contributed by atoms with Gasteiger partial charge in [0.25, 0.3) is 5.91 Å². The third-order valence-electron chi connectivity index (χ3n) is 4.75. The van der Waals surface area contributed by atoms with Gasteiger partial charge in [-0.15, -0.1) is 0 Å². The maximum atomic E-state index is 12.6. The zero-order valence-electron chi connectivity index (χ0n) is 16.0. The lowest BCUT2D eigenvalue weighted by molar-refractivity contribution is -0.128. The molecule has 148 valence electrons. The van der Waals surface area contributed by atoms with Crippen LogP contribution in [0.2, 0.25) is 0 Å². The Bertz CT molecular complexity index is 1000. The molecule has 2 aromatic carbocycles. The molecule has 0 aliphatic carbocycles. The summed E-state index contributed by atoms with van der Waals surface area (Å²) in [5, 5.41) is 6.98. The molecule has 1 N–H and O–H groups in total. The quantitative estimate of drug-likeness (QED) is 0.716. The highest BCUT2D eigenvalue weighted by Gasteiger charge is 2.32. The number of carbonyl (C=O) groups excluding carboxylic acids is 2. The van der Waals surface area contributed by atoms with Gasteiger partial charge in [0.1, 0.15) is 18.4 Å². The van der Waals surface area contributed by atoms with Crippen molar-refractivity contribution in [3.05, 3.63) is 72.3 Å². The van der Waals surface area contributed by atoms with Gasteiger partial charge in [-0.3, -0.25) is 9.59 Å². The van der Waals surface area contributed by atoms with E-state index in [9.17, 15) is 9.59 Å². The Balaban J connectivity index is 1.36. The molecule has 2 heterocycles. The molecular weight excluding hydrogens is 370 g/mol. The van der Waals surface area contributed by atoms with E-state index in [1.165, 1.54) is 13.3 Å². The van der Waals surface area contributed by atoms with E-state index in [2.05, 4.69) is 15.4 Å². The normalized spacial score (nSPS) is 15.3. The number of nitrogens with zero attached hydrogens (tertiary/aromatic N) is 4. The lowest BCUT2D eigenvalue weighted by Gasteiger charge is -2.33. The summed E-state index contributed by atoms with van der Waals surface area (Å²) in [6.45, 7) is 2.69. The second-order valence-electron chi connectivity index (χ2n) is 6.83. The van der Waals surface area contributed by atoms with Gasteiger partial charge in [0, 0.05) is 13.5 Å². The van der Waals surface area contributed by atoms with Gasteiger partial charge in [0.05, 0.1) is 18.8 Å². The van der Waals surface area contributed by atoms with Crippen molar-refractivity contribution >= 4 is 17.5 Å². The van der Waals surface area contributed by atoms with Crippen molar-refractivity contribution in [1.29, 1.82) is 0 Å². The molecule has 0 radical (unpaired) electrons. The SMILES string of the molecule is CC(=O)N1CC(C(=O)NCc2ccc(Cn3cncn3)cc2)Oc2ccccc21. The van der Waals surface area contributed by atoms with Gasteiger partial charge in [-0.1, -0.05) is 36.4 Å². The Labute approximate surface area is 168 Å². The fourth-order valence-electron chi connectivity index (χ4n) is 3.24. The van der Waals surface area contributed by atoms with Gasteiger partial charge in [0.2, 0.25) is 5.91 Å². The van der Waals surface area contributed by atoms with Crippen molar-refractivity contribution in [3.63, 3.8) is 0 Å². The maximum absolute atomic E-state index is 12.6. The fourth-order valence-corrected chi connectivity index (χ4v) is 3.24. The largest absolute Gasteiger partial charge is 0.477 e. The molecule has 1 unspecified atom stereocenters. The van der Waals surface area contributed by atoms with E-state index in [4.69, 9.17) is 4.74 Å². The molecule has 8 nitrogen and oxygen atoms in total. The summed E-state index contributed by atoms with van der Waals surface area (Å²) in [6.07, 6.45) is 2.42. The molecule has 0 saturated carbocycles. The number of benzene rings is 2. The molecule has 29 heavy (non-hydrogen) atoms. The van der Waals surface area contributed by atoms with Crippen LogP contribution in [0.15, 0.2) is 61.2 Å². The summed E-state index contributed by atoms with van der Waals surface area (Å²) in [5.41, 5.74) is 2.75. The molecule has 0 bridgehead atoms. The molecule has 1 aromatic heterocycles. The molecule has 2 amide bonds. The first kappa shape index (κ1) is 18.7. The Morgan fingerprint density at radius 2 is 1.90 bits per heavy atom. The number of rotatable bonds is 5. The minimum Gasteiger partial charge on any atom is -0.477 e. The second kappa shape index (κ2) is 8.14. The number of carbonyl (C=O) groups is 2. The predicted molar refractivity (Wildman–Crippen MR) is 106 cm³/mol. The number of nitrogens with one attached hydrogen (secondary N) is 1. The van der Waals surface area contributed by atoms with Crippen LogP contribution >= 0.6 is 0 Å². The summed E-state index contributed by atoms with van der Waals surface area (Å²) in [7, 11) is 0. The molecule has 4 rings (SSSR count). The monoisotopic (exact) mass is 391 g/mol. The van der Waals surface area contributed by atoms with Crippen LogP contribution < -0.4 is 15.0 Å². The second-order valence-corrected chi connectivity index (χ2v) is 6.83. The highest BCUT2D eigenvalue weighted by Crippen LogP contribution is 2.33. The minimum atomic E-state index is -0.750. The van der Waals surface area contributed by atoms with Crippen molar-refractivity contribution < 1.29 is 14.3 Å². The fraction of sp³-hybridized carbons (Fsp3) is 0.238. The average molecular weight is 391 g/mol. The van der Waals surface area contributed by atoms with E-state index in [0.29, 0.717) is 24.5 Å². The van der Waals surface area contributed by atoms with Gasteiger partial charge in [0.15, 0.2) is 6.10 Å². The smallest absolute Gasteiger partial charge is 0.263 e. The maximum Gasteiger partial charge on any atom is 0.263 e. The molecule has 1 atom stereocenters. The van der Waals surface area contributed by atoms with E-state index >= 15 is 0 Å². The van der Waals surface area contributed by atoms with Gasteiger partial charge in [-0.25, -0.2) is 9.67 Å². The molecular formula is C21H21N5O3. The zero-order valence-corrected chi connectivity index (χ0v) is 16.0. The molecule has 3 aromatic rings. The number of hydrogen-bond acceptors (Lipinski definition) is 5. The average Bonchev–Trinajstić information content (AvgIpc) is 3.25. The highest BCUT2D eigenvalue weighted by atomic mass is 16.5. The Morgan fingerprint density at radius 3 is 2.62 bits per heavy atom. The van der Waals surface area contributed by atoms with Crippen molar-refractivity contribution in [2.24, 2.45) is 0 Å². The molecule has 8 heteroatoms. The lowest BCUT2D eigenvalue weighted by atomic mass is 10.1. The topological polar surface area (TPSA) is 89.4 Å². The first-order valence-corrected chi connectivity index (χ1v) is 9.32. The summed E-state index contributed by atoms with van der Waals surface area (Å²) < 4.78 is 7.56. The molecule has 0 spiro atoms. The molecule has 0 saturated heterocycles. The van der Waals surface area contributed by atoms with E-state index in [-0.39, 0.29) is 18.4 Å². The Hall–Kier alpha value is -3.68. The third kappa shape index (κ3) is 4.26. The summed E-state index contributed by atoms with van der Waals surface area (Å²) >= 11 is 0. The number of fused-ring (bicyclic) bond motifs is 1. The predicted octanol–water partition coefficient (Wildman–Crippen LogP) is 1.76. The number of amides is 2. The van der Waals surface area contributed by atoms with E-state index in [1.807, 2.05) is 42.5 Å². The van der Waals surface area contributed by atoms with Crippen LogP contribution in [0.1, 0.15) is 18.1 Å². The first-order valence-electron chi connectivity index (χ1n) is 9.32. The van der Waals surface area contributed by atoms with Crippen LogP contribution in [-0.4, -0.2) is 39.2 Å². The molecule has 1 aliphatic rings. The van der Waals surface area contributed by atoms with Crippen LogP contribution in [0.25, 0.3) is 0 Å².